The Morgan fingerprint density at radius 1 is 0.310 bits per heavy atom. The zero-order valence-corrected chi connectivity index (χ0v) is 68.8. The quantitative estimate of drug-likeness (QED) is 0.0537. The average molecular weight is 1700 g/mol. The zero-order chi connectivity index (χ0) is 70.7. The van der Waals surface area contributed by atoms with Crippen LogP contribution in [0.5, 0.6) is 23.0 Å². The number of carbonyl (C=O) groups is 4. The maximum atomic E-state index is 14.2. The number of ether oxygens (including phenoxy) is 2. The van der Waals surface area contributed by atoms with Crippen molar-refractivity contribution in [3.63, 3.8) is 0 Å². The van der Waals surface area contributed by atoms with Gasteiger partial charge in [0, 0.05) is 0 Å². The average Bonchev–Trinajstić information content (AvgIpc) is 0.774. The Bertz CT molecular complexity index is 3490. The number of thiocarbonyl (C=S) groups is 4. The first-order valence-corrected chi connectivity index (χ1v) is 58.3. The van der Waals surface area contributed by atoms with Crippen LogP contribution < -0.4 is 45.1 Å². The van der Waals surface area contributed by atoms with Gasteiger partial charge in [0.2, 0.25) is 0 Å². The SMILES string of the molecule is CCCCN1CC(=O)Nc2ccc(cc2)Oc2ccc(cc2)NC(=O)CN(CCCC)C(=S)[S][Sn]([c]2ccccc2)([c]2ccccc2)[S]C(=S)N(CCCC)CC(=O)Nc2ccc(cc2)Oc2ccc(cc2)NC(=O)CN(CCCC)C(=S)[S][Sn]([c]2ccccc2)([c]2ccccc2)[S]C1=S. The van der Waals surface area contributed by atoms with Crippen molar-refractivity contribution in [1.82, 2.24) is 19.6 Å². The van der Waals surface area contributed by atoms with E-state index in [0.717, 1.165) is 65.7 Å². The maximum absolute atomic E-state index is 14.2. The van der Waals surface area contributed by atoms with Crippen LogP contribution in [0.1, 0.15) is 79.1 Å². The summed E-state index contributed by atoms with van der Waals surface area (Å²) < 4.78 is 19.6. The van der Waals surface area contributed by atoms with Crippen LogP contribution in [0.25, 0.3) is 0 Å². The molecule has 15 rings (SSSR count). The molecule has 4 N–H and O–H groups in total. The van der Waals surface area contributed by atoms with Crippen molar-refractivity contribution in [1.29, 1.82) is 0 Å². The fourth-order valence-corrected chi connectivity index (χ4v) is 74.9. The normalized spacial score (nSPS) is 15.9. The molecule has 8 aromatic carbocycles. The third-order valence-corrected chi connectivity index (χ3v) is 74.3. The molecule has 7 aliphatic rings. The molecule has 100 heavy (non-hydrogen) atoms. The first-order chi connectivity index (χ1) is 48.6. The Kier molecular flexibility index (Phi) is 31.2. The van der Waals surface area contributed by atoms with Gasteiger partial charge in [-0.05, 0) is 0 Å². The van der Waals surface area contributed by atoms with Crippen molar-refractivity contribution in [2.75, 3.05) is 73.6 Å². The molecule has 4 amide bonds. The Hall–Kier alpha value is -6.20. The summed E-state index contributed by atoms with van der Waals surface area (Å²) in [6, 6.07) is 70.6. The summed E-state index contributed by atoms with van der Waals surface area (Å²) >= 11 is 17.4. The van der Waals surface area contributed by atoms with Crippen molar-refractivity contribution in [2.24, 2.45) is 0 Å². The van der Waals surface area contributed by atoms with E-state index in [2.05, 4.69) is 146 Å². The predicted molar refractivity (Wildman–Crippen MR) is 443 cm³/mol. The summed E-state index contributed by atoms with van der Waals surface area (Å²) in [5, 5.41) is 12.4. The summed E-state index contributed by atoms with van der Waals surface area (Å²) in [6.45, 7) is 10.9. The van der Waals surface area contributed by atoms with Gasteiger partial charge in [0.25, 0.3) is 0 Å². The second-order valence-electron chi connectivity index (χ2n) is 23.8. The van der Waals surface area contributed by atoms with Gasteiger partial charge in [-0.2, -0.15) is 0 Å². The third-order valence-electron chi connectivity index (χ3n) is 16.1. The zero-order valence-electron chi connectivity index (χ0n) is 56.6. The van der Waals surface area contributed by atoms with E-state index < -0.39 is 31.2 Å². The van der Waals surface area contributed by atoms with Crippen LogP contribution in [0.15, 0.2) is 218 Å². The Morgan fingerprint density at radius 2 is 0.500 bits per heavy atom. The van der Waals surface area contributed by atoms with E-state index in [9.17, 15) is 19.2 Å². The molecule has 0 aliphatic carbocycles. The molecule has 0 saturated heterocycles. The van der Waals surface area contributed by atoms with E-state index in [1.807, 2.05) is 43.9 Å². The molecule has 24 heteroatoms. The number of hydrogen-bond donors (Lipinski definition) is 4. The summed E-state index contributed by atoms with van der Waals surface area (Å²) in [5.74, 6) is 1.35. The van der Waals surface area contributed by atoms with E-state index in [1.54, 1.807) is 133 Å². The van der Waals surface area contributed by atoms with Gasteiger partial charge in [-0.3, -0.25) is 0 Å². The Labute approximate surface area is 629 Å². The van der Waals surface area contributed by atoms with Crippen LogP contribution in [0.2, 0.25) is 0 Å². The fourth-order valence-electron chi connectivity index (χ4n) is 10.8. The molecule has 8 bridgehead atoms. The van der Waals surface area contributed by atoms with Gasteiger partial charge in [0.05, 0.1) is 0 Å². The minimum atomic E-state index is -4.28. The topological polar surface area (TPSA) is 148 Å². The third kappa shape index (κ3) is 22.9. The summed E-state index contributed by atoms with van der Waals surface area (Å²) in [4.78, 5) is 64.9. The predicted octanol–water partition coefficient (Wildman–Crippen LogP) is 15.7. The molecule has 7 heterocycles. The van der Waals surface area contributed by atoms with Crippen LogP contribution in [0, 0.1) is 0 Å². The first kappa shape index (κ1) is 77.9. The number of unbranched alkanes of at least 4 members (excludes halogenated alkanes) is 4. The molecule has 0 fully saturated rings. The van der Waals surface area contributed by atoms with Gasteiger partial charge < -0.3 is 0 Å². The Morgan fingerprint density at radius 3 is 0.680 bits per heavy atom. The number of nitrogens with zero attached hydrogens (tertiary/aromatic N) is 4. The number of benzene rings is 8. The van der Waals surface area contributed by atoms with E-state index in [0.29, 0.717) is 89.2 Å². The standard InChI is InChI=1S/2C26H34N4O3S4.4C6H5.2Sn/c2*1-3-5-15-29(25(34)35)17-23(31)27-19-7-11-21(12-8-19)33-22-13-9-20(10-14-22)28-24(32)18-30(26(36)37)16-6-4-2;4*1-2-4-6-5-3-1;;/h2*7-14H,3-6,15-18H2,1-2H3,(H,27,31)(H,28,32)(H,34,35)(H,36,37);4*1-5H;;/q;;;;;;2*+2/p-4. The van der Waals surface area contributed by atoms with Crippen LogP contribution in [-0.4, -0.2) is 144 Å². The molecule has 0 atom stereocenters. The van der Waals surface area contributed by atoms with E-state index >= 15 is 0 Å². The van der Waals surface area contributed by atoms with Crippen LogP contribution >= 0.6 is 84.7 Å². The van der Waals surface area contributed by atoms with Crippen molar-refractivity contribution in [2.45, 2.75) is 79.1 Å². The van der Waals surface area contributed by atoms with Crippen LogP contribution in [0.4, 0.5) is 22.7 Å². The molecule has 520 valence electrons. The summed E-state index contributed by atoms with van der Waals surface area (Å²) in [7, 11) is 6.71. The molecule has 0 spiro atoms. The summed E-state index contributed by atoms with van der Waals surface area (Å²) in [5.41, 5.74) is 2.38. The van der Waals surface area contributed by atoms with Crippen LogP contribution in [-0.2, 0) is 19.2 Å². The van der Waals surface area contributed by atoms with Gasteiger partial charge >= 0.3 is 636 Å². The van der Waals surface area contributed by atoms with Gasteiger partial charge in [-0.25, -0.2) is 0 Å². The number of carbonyl (C=O) groups excluding carboxylic acids is 4. The molecule has 0 radical (unpaired) electrons. The number of hydrogen-bond acceptors (Lipinski definition) is 14. The minimum absolute atomic E-state index is 0.0257. The molecule has 7 aliphatic heterocycles. The molecule has 0 unspecified atom stereocenters. The molecule has 8 aromatic rings. The number of anilines is 4. The number of nitrogens with one attached hydrogen (secondary N) is 4. The second-order valence-corrected chi connectivity index (χ2v) is 69.2. The Balaban J connectivity index is 1.01. The molecule has 14 nitrogen and oxygen atoms in total. The van der Waals surface area contributed by atoms with E-state index in [1.165, 1.54) is 0 Å². The molecule has 0 aromatic heterocycles. The van der Waals surface area contributed by atoms with Crippen molar-refractivity contribution >= 4 is 194 Å². The van der Waals surface area contributed by atoms with Gasteiger partial charge in [-0.15, -0.1) is 0 Å². The number of rotatable bonds is 16. The van der Waals surface area contributed by atoms with Gasteiger partial charge in [0.1, 0.15) is 0 Å². The molecule has 0 saturated carbocycles. The summed E-state index contributed by atoms with van der Waals surface area (Å²) in [6.07, 6.45) is 6.85. The van der Waals surface area contributed by atoms with E-state index in [4.69, 9.17) is 58.3 Å². The van der Waals surface area contributed by atoms with Crippen molar-refractivity contribution in [3.8, 4) is 23.0 Å². The van der Waals surface area contributed by atoms with Gasteiger partial charge in [-0.1, -0.05) is 0 Å². The van der Waals surface area contributed by atoms with Crippen molar-refractivity contribution in [3.05, 3.63) is 218 Å². The van der Waals surface area contributed by atoms with Crippen molar-refractivity contribution < 1.29 is 28.7 Å². The monoisotopic (exact) mass is 1700 g/mol. The fraction of sp³-hybridized carbons (Fsp3) is 0.263. The molecular weight excluding hydrogens is 1610 g/mol. The molecular formula is C76H84N8O6S8Sn2. The second kappa shape index (κ2) is 40.0. The van der Waals surface area contributed by atoms with E-state index in [-0.39, 0.29) is 49.8 Å². The number of amides is 4. The first-order valence-electron chi connectivity index (χ1n) is 33.7. The van der Waals surface area contributed by atoms with Gasteiger partial charge in [0.15, 0.2) is 0 Å². The van der Waals surface area contributed by atoms with Crippen LogP contribution in [0.3, 0.4) is 0 Å².